The first-order chi connectivity index (χ1) is 15.1. The Morgan fingerprint density at radius 1 is 1.06 bits per heavy atom. The first-order valence-electron chi connectivity index (χ1n) is 10.5. The van der Waals surface area contributed by atoms with Crippen molar-refractivity contribution >= 4 is 41.5 Å². The van der Waals surface area contributed by atoms with E-state index in [4.69, 9.17) is 4.74 Å². The molecule has 174 valence electrons. The molecule has 1 saturated heterocycles. The first-order valence-corrected chi connectivity index (χ1v) is 10.5. The van der Waals surface area contributed by atoms with Crippen molar-refractivity contribution in [2.45, 2.75) is 19.5 Å². The molecule has 0 spiro atoms. The zero-order valence-electron chi connectivity index (χ0n) is 18.3. The highest BCUT2D eigenvalue weighted by Crippen LogP contribution is 2.11. The molecule has 2 aromatic rings. The number of hydrogen-bond donors (Lipinski definition) is 3. The lowest BCUT2D eigenvalue weighted by Crippen LogP contribution is -2.38. The smallest absolute Gasteiger partial charge is 0.225 e. The zero-order valence-corrected chi connectivity index (χ0v) is 20.6. The summed E-state index contributed by atoms with van der Waals surface area (Å²) in [6.07, 6.45) is 0.457. The Labute approximate surface area is 205 Å². The molecule has 0 atom stereocenters. The predicted octanol–water partition coefficient (Wildman–Crippen LogP) is 2.97. The topological polar surface area (TPSA) is 78.0 Å². The molecule has 0 bridgehead atoms. The van der Waals surface area contributed by atoms with Gasteiger partial charge in [-0.3, -0.25) is 14.7 Å². The molecule has 3 rings (SSSR count). The Morgan fingerprint density at radius 2 is 1.72 bits per heavy atom. The van der Waals surface area contributed by atoms with Gasteiger partial charge >= 0.3 is 0 Å². The van der Waals surface area contributed by atoms with Gasteiger partial charge in [0.15, 0.2) is 5.96 Å². The van der Waals surface area contributed by atoms with Crippen molar-refractivity contribution in [2.24, 2.45) is 4.99 Å². The summed E-state index contributed by atoms with van der Waals surface area (Å²) in [5, 5.41) is 9.37. The van der Waals surface area contributed by atoms with E-state index in [0.29, 0.717) is 25.5 Å². The molecule has 1 aliphatic rings. The molecule has 7 nitrogen and oxygen atoms in total. The van der Waals surface area contributed by atoms with E-state index in [-0.39, 0.29) is 35.7 Å². The molecular weight excluding hydrogens is 524 g/mol. The Bertz CT molecular complexity index is 890. The summed E-state index contributed by atoms with van der Waals surface area (Å²) in [5.74, 6) is 0.361. The highest BCUT2D eigenvalue weighted by Gasteiger charge is 2.12. The molecular formula is C23H31FIN5O2. The minimum atomic E-state index is -0.258. The molecule has 0 aliphatic carbocycles. The highest BCUT2D eigenvalue weighted by molar-refractivity contribution is 14.0. The van der Waals surface area contributed by atoms with Crippen molar-refractivity contribution in [1.29, 1.82) is 0 Å². The van der Waals surface area contributed by atoms with Gasteiger partial charge in [0.1, 0.15) is 5.82 Å². The quantitative estimate of drug-likeness (QED) is 0.265. The molecule has 0 unspecified atom stereocenters. The maximum Gasteiger partial charge on any atom is 0.225 e. The lowest BCUT2D eigenvalue weighted by atomic mass is 10.2. The van der Waals surface area contributed by atoms with E-state index >= 15 is 0 Å². The Morgan fingerprint density at radius 3 is 2.38 bits per heavy atom. The second kappa shape index (κ2) is 14.0. The number of guanidine groups is 1. The molecule has 2 aromatic carbocycles. The van der Waals surface area contributed by atoms with Crippen molar-refractivity contribution in [3.8, 4) is 0 Å². The number of ether oxygens (including phenoxy) is 1. The summed E-state index contributed by atoms with van der Waals surface area (Å²) in [6, 6.07) is 14.2. The number of morpholine rings is 1. The number of aliphatic imine (C=N–C) groups is 1. The third-order valence-electron chi connectivity index (χ3n) is 5.00. The Hall–Kier alpha value is -2.24. The van der Waals surface area contributed by atoms with Crippen LogP contribution in [0.15, 0.2) is 53.5 Å². The van der Waals surface area contributed by atoms with Crippen molar-refractivity contribution in [2.75, 3.05) is 45.2 Å². The summed E-state index contributed by atoms with van der Waals surface area (Å²) < 4.78 is 18.6. The molecule has 0 radical (unpaired) electrons. The van der Waals surface area contributed by atoms with Crippen molar-refractivity contribution < 1.29 is 13.9 Å². The number of hydrogen-bond acceptors (Lipinski definition) is 4. The molecule has 1 heterocycles. The van der Waals surface area contributed by atoms with E-state index in [2.05, 4.69) is 25.8 Å². The van der Waals surface area contributed by atoms with Gasteiger partial charge < -0.3 is 20.7 Å². The van der Waals surface area contributed by atoms with Gasteiger partial charge in [0.25, 0.3) is 0 Å². The number of nitrogens with one attached hydrogen (secondary N) is 3. The van der Waals surface area contributed by atoms with Crippen LogP contribution < -0.4 is 16.0 Å². The summed E-state index contributed by atoms with van der Waals surface area (Å²) >= 11 is 0. The van der Waals surface area contributed by atoms with Gasteiger partial charge in [-0.05, 0) is 35.4 Å². The largest absolute Gasteiger partial charge is 0.379 e. The van der Waals surface area contributed by atoms with Crippen LogP contribution in [0.1, 0.15) is 17.5 Å². The monoisotopic (exact) mass is 555 g/mol. The maximum absolute atomic E-state index is 13.3. The molecule has 32 heavy (non-hydrogen) atoms. The van der Waals surface area contributed by atoms with Gasteiger partial charge in [0.05, 0.1) is 13.2 Å². The van der Waals surface area contributed by atoms with Gasteiger partial charge in [-0.25, -0.2) is 4.39 Å². The van der Waals surface area contributed by atoms with E-state index in [9.17, 15) is 9.18 Å². The van der Waals surface area contributed by atoms with Gasteiger partial charge in [-0.15, -0.1) is 24.0 Å². The van der Waals surface area contributed by atoms with E-state index in [1.165, 1.54) is 12.1 Å². The number of halogens is 2. The normalized spacial score (nSPS) is 14.4. The van der Waals surface area contributed by atoms with Crippen LogP contribution >= 0.6 is 24.0 Å². The van der Waals surface area contributed by atoms with Crippen LogP contribution in [0, 0.1) is 5.82 Å². The lowest BCUT2D eigenvalue weighted by molar-refractivity contribution is -0.116. The zero-order chi connectivity index (χ0) is 21.9. The summed E-state index contributed by atoms with van der Waals surface area (Å²) in [5.41, 5.74) is 2.62. The second-order valence-corrected chi connectivity index (χ2v) is 7.36. The van der Waals surface area contributed by atoms with Gasteiger partial charge in [-0.2, -0.15) is 0 Å². The predicted molar refractivity (Wildman–Crippen MR) is 136 cm³/mol. The molecule has 0 aromatic heterocycles. The van der Waals surface area contributed by atoms with Crippen molar-refractivity contribution in [3.05, 3.63) is 65.5 Å². The number of nitrogens with zero attached hydrogens (tertiary/aromatic N) is 2. The summed E-state index contributed by atoms with van der Waals surface area (Å²) in [4.78, 5) is 18.7. The van der Waals surface area contributed by atoms with Crippen LogP contribution in [-0.4, -0.2) is 56.7 Å². The molecule has 9 heteroatoms. The fourth-order valence-corrected chi connectivity index (χ4v) is 3.31. The summed E-state index contributed by atoms with van der Waals surface area (Å²) in [6.45, 7) is 4.97. The van der Waals surface area contributed by atoms with Crippen LogP contribution in [0.2, 0.25) is 0 Å². The average Bonchev–Trinajstić information content (AvgIpc) is 2.79. The number of carbonyl (C=O) groups is 1. The highest BCUT2D eigenvalue weighted by atomic mass is 127. The lowest BCUT2D eigenvalue weighted by Gasteiger charge is -2.26. The minimum Gasteiger partial charge on any atom is -0.379 e. The number of amides is 1. The van der Waals surface area contributed by atoms with Crippen LogP contribution in [0.3, 0.4) is 0 Å². The maximum atomic E-state index is 13.3. The van der Waals surface area contributed by atoms with Crippen molar-refractivity contribution in [1.82, 2.24) is 15.5 Å². The number of benzene rings is 2. The van der Waals surface area contributed by atoms with Crippen LogP contribution in [0.5, 0.6) is 0 Å². The van der Waals surface area contributed by atoms with Gasteiger partial charge in [-0.1, -0.05) is 24.3 Å². The van der Waals surface area contributed by atoms with Crippen molar-refractivity contribution in [3.63, 3.8) is 0 Å². The van der Waals surface area contributed by atoms with E-state index in [1.54, 1.807) is 13.1 Å². The number of anilines is 1. The number of rotatable bonds is 8. The van der Waals surface area contributed by atoms with Crippen LogP contribution in [-0.2, 0) is 22.6 Å². The Kier molecular flexibility index (Phi) is 11.4. The Balaban J connectivity index is 0.00000363. The second-order valence-electron chi connectivity index (χ2n) is 7.36. The van der Waals surface area contributed by atoms with Crippen LogP contribution in [0.25, 0.3) is 0 Å². The third-order valence-corrected chi connectivity index (χ3v) is 5.00. The van der Waals surface area contributed by atoms with Gasteiger partial charge in [0, 0.05) is 51.9 Å². The molecule has 0 saturated carbocycles. The molecule has 1 amide bonds. The summed E-state index contributed by atoms with van der Waals surface area (Å²) in [7, 11) is 1.69. The third kappa shape index (κ3) is 9.09. The first kappa shape index (κ1) is 26.0. The average molecular weight is 555 g/mol. The molecule has 3 N–H and O–H groups in total. The SMILES string of the molecule is CN=C(NCc1cccc(F)c1)NCc1cccc(NC(=O)CCN2CCOCC2)c1.I. The standard InChI is InChI=1S/C23H30FN5O2.HI/c1-25-23(26-16-18-4-2-6-20(24)14-18)27-17-19-5-3-7-21(15-19)28-22(30)8-9-29-10-12-31-13-11-29;/h2-7,14-15H,8-13,16-17H2,1H3,(H,28,30)(H2,25,26,27);1H. The van der Waals surface area contributed by atoms with E-state index in [1.807, 2.05) is 30.3 Å². The van der Waals surface area contributed by atoms with Gasteiger partial charge in [0.2, 0.25) is 5.91 Å². The van der Waals surface area contributed by atoms with Crippen LogP contribution in [0.4, 0.5) is 10.1 Å². The molecule has 1 fully saturated rings. The fourth-order valence-electron chi connectivity index (χ4n) is 3.31. The van der Waals surface area contributed by atoms with E-state index in [0.717, 1.165) is 49.7 Å². The minimum absolute atomic E-state index is 0. The van der Waals surface area contributed by atoms with E-state index < -0.39 is 0 Å². The molecule has 1 aliphatic heterocycles. The fraction of sp³-hybridized carbons (Fsp3) is 0.391. The number of carbonyl (C=O) groups excluding carboxylic acids is 1.